The molecule has 2 aliphatic heterocycles. The second-order valence-electron chi connectivity index (χ2n) is 6.59. The summed E-state index contributed by atoms with van der Waals surface area (Å²) in [5, 5.41) is 0. The molecule has 1 unspecified atom stereocenters. The Hall–Kier alpha value is -1.37. The third-order valence-corrected chi connectivity index (χ3v) is 6.13. The summed E-state index contributed by atoms with van der Waals surface area (Å²) in [5.74, 6) is 0.0658. The van der Waals surface area contributed by atoms with E-state index in [1.54, 1.807) is 4.90 Å². The van der Waals surface area contributed by atoms with Crippen molar-refractivity contribution >= 4 is 34.2 Å². The number of carbonyl (C=O) groups excluding carboxylic acids is 1. The number of thioether (sulfide) groups is 1. The van der Waals surface area contributed by atoms with Crippen LogP contribution in [0.25, 0.3) is 0 Å². The summed E-state index contributed by atoms with van der Waals surface area (Å²) in [7, 11) is 0. The van der Waals surface area contributed by atoms with Gasteiger partial charge < -0.3 is 4.90 Å². The van der Waals surface area contributed by atoms with Crippen LogP contribution in [0.1, 0.15) is 25.8 Å². The maximum atomic E-state index is 12.6. The van der Waals surface area contributed by atoms with Gasteiger partial charge >= 0.3 is 0 Å². The van der Waals surface area contributed by atoms with Crippen molar-refractivity contribution in [1.29, 1.82) is 0 Å². The highest BCUT2D eigenvalue weighted by atomic mass is 32.2. The Kier molecular flexibility index (Phi) is 6.15. The molecule has 2 aliphatic rings. The fourth-order valence-corrected chi connectivity index (χ4v) is 4.56. The molecule has 4 nitrogen and oxygen atoms in total. The van der Waals surface area contributed by atoms with Gasteiger partial charge in [-0.05, 0) is 18.9 Å². The number of nitrogens with zero attached hydrogens (tertiary/aromatic N) is 3. The second-order valence-corrected chi connectivity index (χ2v) is 8.27. The molecule has 6 heteroatoms. The third kappa shape index (κ3) is 4.43. The molecule has 0 saturated carbocycles. The molecule has 1 aromatic carbocycles. The summed E-state index contributed by atoms with van der Waals surface area (Å²) in [6.45, 7) is 9.04. The fraction of sp³-hybridized carbons (Fsp3) is 0.474. The fourth-order valence-electron chi connectivity index (χ4n) is 3.09. The minimum Gasteiger partial charge on any atom is -0.374 e. The average molecular weight is 376 g/mol. The van der Waals surface area contributed by atoms with Gasteiger partial charge in [-0.2, -0.15) is 0 Å². The van der Waals surface area contributed by atoms with Gasteiger partial charge in [-0.25, -0.2) is 0 Å². The normalized spacial score (nSPS) is 22.1. The van der Waals surface area contributed by atoms with E-state index in [0.717, 1.165) is 44.0 Å². The zero-order valence-electron chi connectivity index (χ0n) is 14.9. The maximum absolute atomic E-state index is 12.6. The van der Waals surface area contributed by atoms with Crippen molar-refractivity contribution in [3.05, 3.63) is 47.0 Å². The number of piperazine rings is 1. The third-order valence-electron chi connectivity index (χ3n) is 4.81. The van der Waals surface area contributed by atoms with Gasteiger partial charge in [0.15, 0.2) is 0 Å². The molecule has 3 rings (SSSR count). The predicted octanol–water partition coefficient (Wildman–Crippen LogP) is 3.30. The van der Waals surface area contributed by atoms with Gasteiger partial charge in [-0.15, -0.1) is 0 Å². The summed E-state index contributed by atoms with van der Waals surface area (Å²) in [6.07, 6.45) is 2.93. The zero-order valence-corrected chi connectivity index (χ0v) is 16.5. The number of amides is 1. The standard InChI is InChI=1S/C19H25N3OS2/c1-3-15(2)22-18(23)17(25-19(22)24)14-21-11-9-20(10-12-21)13-16-7-5-4-6-8-16/h4-8,14-15H,3,9-13H2,1-2H3/b17-14+. The smallest absolute Gasteiger partial charge is 0.267 e. The summed E-state index contributed by atoms with van der Waals surface area (Å²) in [6, 6.07) is 10.7. The van der Waals surface area contributed by atoms with E-state index in [9.17, 15) is 4.79 Å². The van der Waals surface area contributed by atoms with Crippen molar-refractivity contribution in [2.45, 2.75) is 32.9 Å². The summed E-state index contributed by atoms with van der Waals surface area (Å²) >= 11 is 6.83. The van der Waals surface area contributed by atoms with Crippen LogP contribution in [0.15, 0.2) is 41.4 Å². The first-order valence-corrected chi connectivity index (χ1v) is 10.1. The Bertz CT molecular complexity index is 654. The first-order valence-electron chi connectivity index (χ1n) is 8.86. The maximum Gasteiger partial charge on any atom is 0.267 e. The molecule has 0 aromatic heterocycles. The van der Waals surface area contributed by atoms with Crippen LogP contribution in [0.4, 0.5) is 0 Å². The Balaban J connectivity index is 1.56. The van der Waals surface area contributed by atoms with Crippen LogP contribution in [-0.2, 0) is 11.3 Å². The van der Waals surface area contributed by atoms with Crippen LogP contribution < -0.4 is 0 Å². The number of hydrogen-bond donors (Lipinski definition) is 0. The number of thiocarbonyl (C=S) groups is 1. The lowest BCUT2D eigenvalue weighted by Crippen LogP contribution is -2.43. The molecule has 0 N–H and O–H groups in total. The van der Waals surface area contributed by atoms with E-state index in [1.165, 1.54) is 17.3 Å². The molecule has 2 heterocycles. The average Bonchev–Trinajstić information content (AvgIpc) is 2.90. The molecule has 1 atom stereocenters. The summed E-state index contributed by atoms with van der Waals surface area (Å²) in [4.78, 5) is 19.9. The second kappa shape index (κ2) is 8.34. The quantitative estimate of drug-likeness (QED) is 0.581. The van der Waals surface area contributed by atoms with Gasteiger partial charge in [0.1, 0.15) is 4.32 Å². The van der Waals surface area contributed by atoms with E-state index in [2.05, 4.69) is 54.0 Å². The lowest BCUT2D eigenvalue weighted by atomic mass is 10.2. The van der Waals surface area contributed by atoms with Crippen molar-refractivity contribution in [1.82, 2.24) is 14.7 Å². The molecule has 1 aromatic rings. The van der Waals surface area contributed by atoms with Crippen LogP contribution in [0.2, 0.25) is 0 Å². The first-order chi connectivity index (χ1) is 12.1. The van der Waals surface area contributed by atoms with Crippen molar-refractivity contribution in [2.75, 3.05) is 26.2 Å². The Labute approximate surface area is 159 Å². The van der Waals surface area contributed by atoms with E-state index in [1.807, 2.05) is 6.20 Å². The monoisotopic (exact) mass is 375 g/mol. The number of hydrogen-bond acceptors (Lipinski definition) is 5. The molecular formula is C19H25N3OS2. The summed E-state index contributed by atoms with van der Waals surface area (Å²) < 4.78 is 0.688. The number of carbonyl (C=O) groups is 1. The van der Waals surface area contributed by atoms with Gasteiger partial charge in [0.2, 0.25) is 0 Å². The Morgan fingerprint density at radius 3 is 2.52 bits per heavy atom. The van der Waals surface area contributed by atoms with Crippen LogP contribution in [-0.4, -0.2) is 57.1 Å². The van der Waals surface area contributed by atoms with Crippen molar-refractivity contribution in [3.63, 3.8) is 0 Å². The SMILES string of the molecule is CCC(C)N1C(=O)/C(=C\N2CCN(Cc3ccccc3)CC2)SC1=S. The van der Waals surface area contributed by atoms with Crippen molar-refractivity contribution < 1.29 is 4.79 Å². The topological polar surface area (TPSA) is 26.8 Å². The first kappa shape index (κ1) is 18.4. The molecule has 1 amide bonds. The molecule has 0 spiro atoms. The number of rotatable bonds is 5. The van der Waals surface area contributed by atoms with E-state index >= 15 is 0 Å². The van der Waals surface area contributed by atoms with E-state index < -0.39 is 0 Å². The van der Waals surface area contributed by atoms with Crippen LogP contribution >= 0.6 is 24.0 Å². The highest BCUT2D eigenvalue weighted by molar-refractivity contribution is 8.26. The largest absolute Gasteiger partial charge is 0.374 e. The molecule has 0 radical (unpaired) electrons. The molecule has 25 heavy (non-hydrogen) atoms. The van der Waals surface area contributed by atoms with Crippen LogP contribution in [0, 0.1) is 0 Å². The lowest BCUT2D eigenvalue weighted by Gasteiger charge is -2.34. The van der Waals surface area contributed by atoms with Crippen molar-refractivity contribution in [3.8, 4) is 0 Å². The molecule has 2 saturated heterocycles. The highest BCUT2D eigenvalue weighted by Gasteiger charge is 2.35. The minimum absolute atomic E-state index is 0.0658. The Morgan fingerprint density at radius 1 is 1.20 bits per heavy atom. The Morgan fingerprint density at radius 2 is 1.88 bits per heavy atom. The molecule has 134 valence electrons. The zero-order chi connectivity index (χ0) is 17.8. The molecule has 0 bridgehead atoms. The van der Waals surface area contributed by atoms with Crippen LogP contribution in [0.3, 0.4) is 0 Å². The predicted molar refractivity (Wildman–Crippen MR) is 108 cm³/mol. The van der Waals surface area contributed by atoms with Gasteiger partial charge in [-0.3, -0.25) is 14.6 Å². The molecule has 2 fully saturated rings. The van der Waals surface area contributed by atoms with Crippen molar-refractivity contribution in [2.24, 2.45) is 0 Å². The lowest BCUT2D eigenvalue weighted by molar-refractivity contribution is -0.123. The van der Waals surface area contributed by atoms with E-state index in [4.69, 9.17) is 12.2 Å². The van der Waals surface area contributed by atoms with Gasteiger partial charge in [0, 0.05) is 45.0 Å². The minimum atomic E-state index is 0.0658. The highest BCUT2D eigenvalue weighted by Crippen LogP contribution is 2.33. The van der Waals surface area contributed by atoms with E-state index in [-0.39, 0.29) is 11.9 Å². The van der Waals surface area contributed by atoms with Crippen LogP contribution in [0.5, 0.6) is 0 Å². The van der Waals surface area contributed by atoms with Gasteiger partial charge in [0.25, 0.3) is 5.91 Å². The van der Waals surface area contributed by atoms with Gasteiger partial charge in [-0.1, -0.05) is 61.2 Å². The van der Waals surface area contributed by atoms with Gasteiger partial charge in [0.05, 0.1) is 4.91 Å². The molecular weight excluding hydrogens is 350 g/mol. The summed E-state index contributed by atoms with van der Waals surface area (Å²) in [5.41, 5.74) is 1.35. The molecule has 0 aliphatic carbocycles. The number of benzene rings is 1. The van der Waals surface area contributed by atoms with E-state index in [0.29, 0.717) is 4.32 Å².